The van der Waals surface area contributed by atoms with Gasteiger partial charge < -0.3 is 21.5 Å². The summed E-state index contributed by atoms with van der Waals surface area (Å²) in [5.41, 5.74) is 0. The Bertz CT molecular complexity index is 65.1. The van der Waals surface area contributed by atoms with Crippen LogP contribution in [0.3, 0.4) is 0 Å². The monoisotopic (exact) mass is 253 g/mol. The van der Waals surface area contributed by atoms with E-state index in [-0.39, 0.29) is 17.0 Å². The van der Waals surface area contributed by atoms with Gasteiger partial charge in [0.15, 0.2) is 0 Å². The summed E-state index contributed by atoms with van der Waals surface area (Å²) >= 11 is 0. The van der Waals surface area contributed by atoms with Crippen LogP contribution in [0.25, 0.3) is 0 Å². The molecule has 0 fully saturated rings. The van der Waals surface area contributed by atoms with Crippen LogP contribution >= 0.6 is 0 Å². The highest BCUT2D eigenvalue weighted by Crippen LogP contribution is 1.73. The molecule has 0 spiro atoms. The SMILES string of the molecule is C[N+](C)(C)C.[Br-].[O-][Cl+3]([O-])([O-])O. The summed E-state index contributed by atoms with van der Waals surface area (Å²) in [4.78, 5) is 0. The molecule has 0 unspecified atom stereocenters. The van der Waals surface area contributed by atoms with Crippen LogP contribution in [0.1, 0.15) is 0 Å². The molecule has 0 aromatic carbocycles. The third-order valence-electron chi connectivity index (χ3n) is 0. The molecule has 7 heteroatoms. The first-order valence-electron chi connectivity index (χ1n) is 2.42. The molecule has 1 N–H and O–H groups in total. The van der Waals surface area contributed by atoms with Crippen molar-refractivity contribution in [1.82, 2.24) is 0 Å². The zero-order valence-corrected chi connectivity index (χ0v) is 9.22. The van der Waals surface area contributed by atoms with E-state index in [4.69, 9.17) is 18.6 Å². The van der Waals surface area contributed by atoms with Gasteiger partial charge in [0, 0.05) is 0 Å². The zero-order chi connectivity index (χ0) is 9.00. The summed E-state index contributed by atoms with van der Waals surface area (Å²) in [6.45, 7) is 0. The Labute approximate surface area is 79.0 Å². The summed E-state index contributed by atoms with van der Waals surface area (Å²) in [5.74, 6) is 0. The molecule has 0 aliphatic rings. The molecule has 0 aliphatic carbocycles. The Hall–Kier alpha value is 0.570. The minimum Gasteiger partial charge on any atom is -1.00 e. The minimum atomic E-state index is -4.69. The Morgan fingerprint density at radius 2 is 1.00 bits per heavy atom. The van der Waals surface area contributed by atoms with Crippen LogP contribution in [0.2, 0.25) is 0 Å². The first-order valence-corrected chi connectivity index (χ1v) is 3.68. The van der Waals surface area contributed by atoms with Crippen LogP contribution in [-0.4, -0.2) is 37.3 Å². The van der Waals surface area contributed by atoms with E-state index in [2.05, 4.69) is 28.2 Å². The fourth-order valence-corrected chi connectivity index (χ4v) is 0. The van der Waals surface area contributed by atoms with Crippen molar-refractivity contribution in [1.29, 1.82) is 0 Å². The number of rotatable bonds is 0. The van der Waals surface area contributed by atoms with Crippen molar-refractivity contribution in [2.75, 3.05) is 28.2 Å². The van der Waals surface area contributed by atoms with Crippen molar-refractivity contribution >= 4 is 0 Å². The molecule has 0 atom stereocenters. The maximum atomic E-state index is 8.60. The molecule has 0 saturated heterocycles. The summed E-state index contributed by atoms with van der Waals surface area (Å²) in [6, 6.07) is 0. The van der Waals surface area contributed by atoms with Crippen LogP contribution in [0.15, 0.2) is 0 Å². The van der Waals surface area contributed by atoms with Gasteiger partial charge in [-0.05, 0) is 0 Å². The van der Waals surface area contributed by atoms with E-state index in [1.165, 1.54) is 0 Å². The van der Waals surface area contributed by atoms with E-state index >= 15 is 0 Å². The summed E-state index contributed by atoms with van der Waals surface area (Å²) < 4.78 is 33.7. The lowest BCUT2D eigenvalue weighted by atomic mass is 10.8. The van der Waals surface area contributed by atoms with Gasteiger partial charge in [-0.3, -0.25) is 0 Å². The van der Waals surface area contributed by atoms with Crippen molar-refractivity contribution in [2.24, 2.45) is 0 Å². The molecule has 0 amide bonds. The van der Waals surface area contributed by atoms with E-state index in [1.54, 1.807) is 0 Å². The highest BCUT2D eigenvalue weighted by molar-refractivity contribution is 3.87. The topological polar surface area (TPSA) is 89.4 Å². The molecule has 0 radical (unpaired) electrons. The van der Waals surface area contributed by atoms with Crippen LogP contribution in [-0.2, 0) is 0 Å². The molecule has 11 heavy (non-hydrogen) atoms. The highest BCUT2D eigenvalue weighted by Gasteiger charge is 1.98. The van der Waals surface area contributed by atoms with E-state index < -0.39 is 10.2 Å². The fraction of sp³-hybridized carbons (Fsp3) is 1.00. The smallest absolute Gasteiger partial charge is 0.0777 e. The molecular weight excluding hydrogens is 241 g/mol. The first kappa shape index (κ1) is 17.6. The van der Waals surface area contributed by atoms with Crippen LogP contribution < -0.4 is 31.0 Å². The van der Waals surface area contributed by atoms with Crippen molar-refractivity contribution in [3.63, 3.8) is 0 Å². The van der Waals surface area contributed by atoms with E-state index in [0.717, 1.165) is 4.48 Å². The molecule has 0 bridgehead atoms. The summed E-state index contributed by atoms with van der Waals surface area (Å²) in [6.07, 6.45) is 0. The lowest BCUT2D eigenvalue weighted by Gasteiger charge is -2.14. The highest BCUT2D eigenvalue weighted by atomic mass is 79.9. The number of hydrogen-bond donors (Lipinski definition) is 1. The number of quaternary nitrogens is 1. The van der Waals surface area contributed by atoms with Crippen LogP contribution in [0.5, 0.6) is 0 Å². The molecule has 5 nitrogen and oxygen atoms in total. The standard InChI is InChI=1S/C4H12N.BrH.ClHO4/c1-5(2,3)4;;2-1(3,4)5/h1-4H3;1H;(H,2,3,4,5)/q+1;;/p-1. The number of halogens is 2. The van der Waals surface area contributed by atoms with Gasteiger partial charge in [-0.15, -0.1) is 0 Å². The molecule has 0 rings (SSSR count). The van der Waals surface area contributed by atoms with Crippen molar-refractivity contribution in [3.8, 4) is 0 Å². The molecule has 0 saturated carbocycles. The van der Waals surface area contributed by atoms with Gasteiger partial charge in [-0.25, -0.2) is 0 Å². The molecule has 0 aromatic rings. The average molecular weight is 255 g/mol. The molecule has 0 heterocycles. The predicted octanol–water partition coefficient (Wildman–Crippen LogP) is -6.80. The molecule has 0 aromatic heterocycles. The first-order chi connectivity index (χ1) is 4.00. The van der Waals surface area contributed by atoms with Gasteiger partial charge in [0.25, 0.3) is 0 Å². The molecule has 72 valence electrons. The molecule has 0 aliphatic heterocycles. The third kappa shape index (κ3) is 2390. The van der Waals surface area contributed by atoms with Gasteiger partial charge in [-0.1, -0.05) is 0 Å². The maximum Gasteiger partial charge on any atom is 0.0777 e. The van der Waals surface area contributed by atoms with Gasteiger partial charge in [0.1, 0.15) is 0 Å². The second kappa shape index (κ2) is 6.13. The lowest BCUT2D eigenvalue weighted by Crippen LogP contribution is -3.00. The normalized spacial score (nSPS) is 10.9. The van der Waals surface area contributed by atoms with Gasteiger partial charge in [0.05, 0.1) is 43.1 Å². The van der Waals surface area contributed by atoms with E-state index in [0.29, 0.717) is 0 Å². The van der Waals surface area contributed by atoms with Crippen molar-refractivity contribution in [3.05, 3.63) is 0 Å². The Morgan fingerprint density at radius 3 is 1.00 bits per heavy atom. The number of hydrogen-bond acceptors (Lipinski definition) is 4. The van der Waals surface area contributed by atoms with Gasteiger partial charge >= 0.3 is 0 Å². The van der Waals surface area contributed by atoms with Gasteiger partial charge in [0.2, 0.25) is 0 Å². The van der Waals surface area contributed by atoms with Crippen molar-refractivity contribution in [2.45, 2.75) is 0 Å². The summed E-state index contributed by atoms with van der Waals surface area (Å²) in [7, 11) is 3.81. The summed E-state index contributed by atoms with van der Waals surface area (Å²) in [5, 5.41) is 0. The molecular formula is C4H13BrClNO4. The number of nitrogens with zero attached hydrogens (tertiary/aromatic N) is 1. The van der Waals surface area contributed by atoms with Crippen LogP contribution in [0, 0.1) is 10.2 Å². The zero-order valence-electron chi connectivity index (χ0n) is 6.88. The fourth-order valence-electron chi connectivity index (χ4n) is 0. The van der Waals surface area contributed by atoms with E-state index in [1.807, 2.05) is 0 Å². The predicted molar refractivity (Wildman–Crippen MR) is 26.2 cm³/mol. The minimum absolute atomic E-state index is 0. The van der Waals surface area contributed by atoms with E-state index in [9.17, 15) is 0 Å². The second-order valence-electron chi connectivity index (χ2n) is 3.08. The average Bonchev–Trinajstić information content (AvgIpc) is 1.12. The Kier molecular flexibility index (Phi) is 9.80. The van der Waals surface area contributed by atoms with Crippen LogP contribution in [0.4, 0.5) is 0 Å². The Morgan fingerprint density at radius 1 is 1.00 bits per heavy atom. The second-order valence-corrected chi connectivity index (χ2v) is 3.87. The van der Waals surface area contributed by atoms with Gasteiger partial charge in [-0.2, -0.15) is 14.0 Å². The van der Waals surface area contributed by atoms with Crippen molar-refractivity contribution < 1.29 is 50.3 Å². The lowest BCUT2D eigenvalue weighted by molar-refractivity contribution is -1.92. The third-order valence-corrected chi connectivity index (χ3v) is 0. The quantitative estimate of drug-likeness (QED) is 0.435. The maximum absolute atomic E-state index is 8.60. The Balaban J connectivity index is -0.000000107. The largest absolute Gasteiger partial charge is 1.00 e.